The molecule has 2 heterocycles. The lowest BCUT2D eigenvalue weighted by Gasteiger charge is -2.22. The molecule has 1 aliphatic rings. The molecule has 1 fully saturated rings. The molecule has 0 radical (unpaired) electrons. The van der Waals surface area contributed by atoms with Crippen LogP contribution in [0.4, 0.5) is 4.79 Å². The van der Waals surface area contributed by atoms with E-state index in [9.17, 15) is 19.2 Å². The summed E-state index contributed by atoms with van der Waals surface area (Å²) in [6, 6.07) is 10.1. The summed E-state index contributed by atoms with van der Waals surface area (Å²) >= 11 is 2.37. The molecule has 1 unspecified atom stereocenters. The minimum absolute atomic E-state index is 0.0644. The number of thioether (sulfide) groups is 1. The van der Waals surface area contributed by atoms with Gasteiger partial charge < -0.3 is 10.6 Å². The van der Waals surface area contributed by atoms with Crippen molar-refractivity contribution >= 4 is 52.1 Å². The molecule has 168 valence electrons. The summed E-state index contributed by atoms with van der Waals surface area (Å²) in [5, 5.41) is 7.04. The van der Waals surface area contributed by atoms with Crippen molar-refractivity contribution in [3.8, 4) is 0 Å². The van der Waals surface area contributed by atoms with Crippen LogP contribution in [0.15, 0.2) is 46.7 Å². The maximum absolute atomic E-state index is 12.7. The number of hydrogen-bond acceptors (Lipinski definition) is 6. The third-order valence-corrected chi connectivity index (χ3v) is 6.60. The van der Waals surface area contributed by atoms with Gasteiger partial charge in [-0.25, -0.2) is 0 Å². The van der Waals surface area contributed by atoms with E-state index in [0.717, 1.165) is 27.1 Å². The van der Waals surface area contributed by atoms with Crippen LogP contribution in [0.2, 0.25) is 0 Å². The Morgan fingerprint density at radius 3 is 2.47 bits per heavy atom. The van der Waals surface area contributed by atoms with E-state index in [1.54, 1.807) is 18.2 Å². The van der Waals surface area contributed by atoms with E-state index in [2.05, 4.69) is 10.6 Å². The van der Waals surface area contributed by atoms with Crippen LogP contribution in [0, 0.1) is 12.8 Å². The first kappa shape index (κ1) is 23.7. The van der Waals surface area contributed by atoms with Crippen LogP contribution in [-0.2, 0) is 9.59 Å². The molecule has 1 atom stereocenters. The number of nitrogens with zero attached hydrogens (tertiary/aromatic N) is 1. The number of imide groups is 1. The maximum atomic E-state index is 12.7. The standard InChI is InChI=1S/C23H25N3O4S2/c1-14(2)19(25-20(27)16-8-6-15(3)7-9-16)21(28)24-10-11-26-22(29)18(32-23(26)30)13-17-5-4-12-31-17/h4-9,12-14,19H,10-11H2,1-3H3,(H,24,28)(H,25,27)/b18-13-. The molecule has 1 aromatic heterocycles. The normalized spacial score (nSPS) is 16.0. The highest BCUT2D eigenvalue weighted by atomic mass is 32.2. The molecule has 0 saturated carbocycles. The molecule has 0 bridgehead atoms. The molecular formula is C23H25N3O4S2. The van der Waals surface area contributed by atoms with Gasteiger partial charge in [0, 0.05) is 23.5 Å². The van der Waals surface area contributed by atoms with Crippen LogP contribution in [0.3, 0.4) is 0 Å². The smallest absolute Gasteiger partial charge is 0.293 e. The summed E-state index contributed by atoms with van der Waals surface area (Å²) in [7, 11) is 0. The highest BCUT2D eigenvalue weighted by molar-refractivity contribution is 8.18. The summed E-state index contributed by atoms with van der Waals surface area (Å²) in [5.74, 6) is -1.20. The minimum Gasteiger partial charge on any atom is -0.353 e. The predicted molar refractivity (Wildman–Crippen MR) is 127 cm³/mol. The Labute approximate surface area is 195 Å². The molecule has 32 heavy (non-hydrogen) atoms. The Hall–Kier alpha value is -2.91. The molecule has 4 amide bonds. The van der Waals surface area contributed by atoms with E-state index in [0.29, 0.717) is 10.5 Å². The van der Waals surface area contributed by atoms with Crippen LogP contribution in [0.1, 0.15) is 34.6 Å². The highest BCUT2D eigenvalue weighted by Gasteiger charge is 2.35. The lowest BCUT2D eigenvalue weighted by atomic mass is 10.0. The zero-order valence-electron chi connectivity index (χ0n) is 18.1. The number of thiophene rings is 1. The lowest BCUT2D eigenvalue weighted by molar-refractivity contribution is -0.125. The molecule has 1 aliphatic heterocycles. The van der Waals surface area contributed by atoms with Crippen LogP contribution in [-0.4, -0.2) is 47.0 Å². The van der Waals surface area contributed by atoms with Crippen molar-refractivity contribution in [1.29, 1.82) is 0 Å². The average molecular weight is 472 g/mol. The molecule has 2 aromatic rings. The van der Waals surface area contributed by atoms with E-state index < -0.39 is 6.04 Å². The van der Waals surface area contributed by atoms with Crippen LogP contribution in [0.5, 0.6) is 0 Å². The van der Waals surface area contributed by atoms with Crippen molar-refractivity contribution < 1.29 is 19.2 Å². The highest BCUT2D eigenvalue weighted by Crippen LogP contribution is 2.32. The average Bonchev–Trinajstić information content (AvgIpc) is 3.35. The maximum Gasteiger partial charge on any atom is 0.293 e. The molecule has 0 spiro atoms. The zero-order chi connectivity index (χ0) is 23.3. The van der Waals surface area contributed by atoms with E-state index in [1.807, 2.05) is 50.4 Å². The first-order valence-electron chi connectivity index (χ1n) is 10.2. The van der Waals surface area contributed by atoms with Gasteiger partial charge in [0.25, 0.3) is 17.1 Å². The Morgan fingerprint density at radius 1 is 1.12 bits per heavy atom. The first-order valence-corrected chi connectivity index (χ1v) is 11.9. The van der Waals surface area contributed by atoms with Crippen molar-refractivity contribution in [2.45, 2.75) is 26.8 Å². The Morgan fingerprint density at radius 2 is 1.84 bits per heavy atom. The minimum atomic E-state index is -0.738. The van der Waals surface area contributed by atoms with Gasteiger partial charge in [-0.05, 0) is 54.3 Å². The van der Waals surface area contributed by atoms with Crippen LogP contribution < -0.4 is 10.6 Å². The molecular weight excluding hydrogens is 446 g/mol. The second-order valence-corrected chi connectivity index (χ2v) is 9.67. The fourth-order valence-corrected chi connectivity index (χ4v) is 4.65. The van der Waals surface area contributed by atoms with Crippen molar-refractivity contribution in [1.82, 2.24) is 15.5 Å². The zero-order valence-corrected chi connectivity index (χ0v) is 19.7. The van der Waals surface area contributed by atoms with Gasteiger partial charge in [-0.3, -0.25) is 24.1 Å². The molecule has 7 nitrogen and oxygen atoms in total. The van der Waals surface area contributed by atoms with E-state index >= 15 is 0 Å². The van der Waals surface area contributed by atoms with Gasteiger partial charge in [0.1, 0.15) is 6.04 Å². The number of hydrogen-bond donors (Lipinski definition) is 2. The molecule has 1 aromatic carbocycles. The number of rotatable bonds is 8. The number of carbonyl (C=O) groups is 4. The number of carbonyl (C=O) groups excluding carboxylic acids is 4. The number of aryl methyl sites for hydroxylation is 1. The summed E-state index contributed by atoms with van der Waals surface area (Å²) in [4.78, 5) is 52.4. The predicted octanol–water partition coefficient (Wildman–Crippen LogP) is 3.66. The van der Waals surface area contributed by atoms with Crippen molar-refractivity contribution in [3.05, 3.63) is 62.7 Å². The van der Waals surface area contributed by atoms with Crippen molar-refractivity contribution in [3.63, 3.8) is 0 Å². The van der Waals surface area contributed by atoms with E-state index in [1.165, 1.54) is 11.3 Å². The molecule has 9 heteroatoms. The second kappa shape index (κ2) is 10.6. The summed E-state index contributed by atoms with van der Waals surface area (Å²) in [5.41, 5.74) is 1.52. The monoisotopic (exact) mass is 471 g/mol. The van der Waals surface area contributed by atoms with Crippen molar-refractivity contribution in [2.75, 3.05) is 13.1 Å². The second-order valence-electron chi connectivity index (χ2n) is 7.70. The number of benzene rings is 1. The SMILES string of the molecule is Cc1ccc(C(=O)NC(C(=O)NCCN2C(=O)S/C(=C\c3cccs3)C2=O)C(C)C)cc1. The number of amides is 4. The summed E-state index contributed by atoms with van der Waals surface area (Å²) in [6.45, 7) is 5.78. The van der Waals surface area contributed by atoms with Crippen LogP contribution >= 0.6 is 23.1 Å². The fourth-order valence-electron chi connectivity index (χ4n) is 3.06. The lowest BCUT2D eigenvalue weighted by Crippen LogP contribution is -2.51. The quantitative estimate of drug-likeness (QED) is 0.573. The summed E-state index contributed by atoms with van der Waals surface area (Å²) in [6.07, 6.45) is 1.70. The largest absolute Gasteiger partial charge is 0.353 e. The Balaban J connectivity index is 1.55. The topological polar surface area (TPSA) is 95.6 Å². The summed E-state index contributed by atoms with van der Waals surface area (Å²) < 4.78 is 0. The van der Waals surface area contributed by atoms with Gasteiger partial charge in [-0.1, -0.05) is 37.6 Å². The van der Waals surface area contributed by atoms with Gasteiger partial charge >= 0.3 is 0 Å². The number of nitrogens with one attached hydrogen (secondary N) is 2. The van der Waals surface area contributed by atoms with E-state index in [4.69, 9.17) is 0 Å². The molecule has 2 N–H and O–H groups in total. The van der Waals surface area contributed by atoms with Crippen LogP contribution in [0.25, 0.3) is 6.08 Å². The fraction of sp³-hybridized carbons (Fsp3) is 0.304. The van der Waals surface area contributed by atoms with Gasteiger partial charge in [0.15, 0.2) is 0 Å². The first-order chi connectivity index (χ1) is 15.3. The molecule has 0 aliphatic carbocycles. The van der Waals surface area contributed by atoms with Gasteiger partial charge in [-0.2, -0.15) is 0 Å². The third kappa shape index (κ3) is 5.86. The third-order valence-electron chi connectivity index (χ3n) is 4.87. The van der Waals surface area contributed by atoms with Crippen molar-refractivity contribution in [2.24, 2.45) is 5.92 Å². The molecule has 1 saturated heterocycles. The Bertz CT molecular complexity index is 1030. The van der Waals surface area contributed by atoms with Gasteiger partial charge in [0.2, 0.25) is 5.91 Å². The van der Waals surface area contributed by atoms with E-state index in [-0.39, 0.29) is 42.0 Å². The van der Waals surface area contributed by atoms with Gasteiger partial charge in [0.05, 0.1) is 4.91 Å². The Kier molecular flexibility index (Phi) is 7.87. The van der Waals surface area contributed by atoms with Gasteiger partial charge in [-0.15, -0.1) is 11.3 Å². The molecule has 3 rings (SSSR count).